The fraction of sp³-hybridized carbons (Fsp3) is 0.357. The maximum Gasteiger partial charge on any atom is 0.278 e. The van der Waals surface area contributed by atoms with Crippen LogP contribution in [0.25, 0.3) is 0 Å². The number of hydrogen-bond donors (Lipinski definition) is 2. The molecule has 1 aliphatic rings. The van der Waals surface area contributed by atoms with Crippen molar-refractivity contribution in [2.45, 2.75) is 24.7 Å². The van der Waals surface area contributed by atoms with E-state index in [1.54, 1.807) is 30.0 Å². The van der Waals surface area contributed by atoms with Gasteiger partial charge < -0.3 is 4.90 Å². The summed E-state index contributed by atoms with van der Waals surface area (Å²) in [6.07, 6.45) is 1.88. The van der Waals surface area contributed by atoms with Gasteiger partial charge in [-0.2, -0.15) is 5.21 Å². The average Bonchev–Trinajstić information content (AvgIpc) is 3.17. The van der Waals surface area contributed by atoms with Crippen molar-refractivity contribution in [2.75, 3.05) is 17.8 Å². The molecule has 1 aromatic heterocycles. The Balaban J connectivity index is 1.86. The first-order valence-electron chi connectivity index (χ1n) is 7.27. The summed E-state index contributed by atoms with van der Waals surface area (Å²) >= 11 is 0. The van der Waals surface area contributed by atoms with Gasteiger partial charge >= 0.3 is 0 Å². The Labute approximate surface area is 133 Å². The summed E-state index contributed by atoms with van der Waals surface area (Å²) in [5.41, 5.74) is 0.810. The highest BCUT2D eigenvalue weighted by molar-refractivity contribution is 7.92. The maximum absolute atomic E-state index is 12.4. The molecular formula is C14H17N5O3S. The third-order valence-corrected chi connectivity index (χ3v) is 5.01. The summed E-state index contributed by atoms with van der Waals surface area (Å²) in [5, 5.41) is 9.88. The van der Waals surface area contributed by atoms with Crippen LogP contribution in [0.1, 0.15) is 28.9 Å². The van der Waals surface area contributed by atoms with Crippen molar-refractivity contribution in [2.24, 2.45) is 0 Å². The van der Waals surface area contributed by atoms with E-state index in [-0.39, 0.29) is 22.3 Å². The van der Waals surface area contributed by atoms with Crippen LogP contribution >= 0.6 is 0 Å². The van der Waals surface area contributed by atoms with Crippen molar-refractivity contribution in [3.8, 4) is 0 Å². The molecular weight excluding hydrogens is 318 g/mol. The van der Waals surface area contributed by atoms with Gasteiger partial charge in [0.05, 0.1) is 4.90 Å². The van der Waals surface area contributed by atoms with E-state index in [1.165, 1.54) is 6.07 Å². The van der Waals surface area contributed by atoms with Gasteiger partial charge in [-0.25, -0.2) is 8.42 Å². The average molecular weight is 335 g/mol. The van der Waals surface area contributed by atoms with Crippen LogP contribution in [0.4, 0.5) is 5.82 Å². The molecule has 2 aromatic rings. The molecule has 0 bridgehead atoms. The van der Waals surface area contributed by atoms with Crippen molar-refractivity contribution >= 4 is 21.7 Å². The number of anilines is 1. The van der Waals surface area contributed by atoms with E-state index >= 15 is 0 Å². The predicted molar refractivity (Wildman–Crippen MR) is 83.5 cm³/mol. The fourth-order valence-corrected chi connectivity index (χ4v) is 3.60. The molecule has 2 N–H and O–H groups in total. The van der Waals surface area contributed by atoms with E-state index in [2.05, 4.69) is 20.1 Å². The van der Waals surface area contributed by atoms with E-state index < -0.39 is 10.0 Å². The Bertz CT molecular complexity index is 824. The molecule has 1 fully saturated rings. The molecule has 1 amide bonds. The van der Waals surface area contributed by atoms with Gasteiger partial charge in [-0.05, 0) is 37.5 Å². The van der Waals surface area contributed by atoms with E-state index in [1.807, 2.05) is 0 Å². The highest BCUT2D eigenvalue weighted by Gasteiger charge is 2.27. The predicted octanol–water partition coefficient (Wildman–Crippen LogP) is 1.15. The summed E-state index contributed by atoms with van der Waals surface area (Å²) in [6.45, 7) is 3.10. The summed E-state index contributed by atoms with van der Waals surface area (Å²) in [4.78, 5) is 14.1. The fourth-order valence-electron chi connectivity index (χ4n) is 2.49. The number of amides is 1. The Morgan fingerprint density at radius 3 is 2.70 bits per heavy atom. The minimum absolute atomic E-state index is 0.0110. The SMILES string of the molecule is Cc1cccc(S(=O)(=O)Nc2n[nH]nc2C(=O)N2CCCC2)c1. The maximum atomic E-state index is 12.4. The van der Waals surface area contributed by atoms with Crippen molar-refractivity contribution in [1.82, 2.24) is 20.3 Å². The van der Waals surface area contributed by atoms with Crippen LogP contribution in [0.15, 0.2) is 29.2 Å². The first-order valence-corrected chi connectivity index (χ1v) is 8.75. The number of carbonyl (C=O) groups is 1. The third-order valence-electron chi connectivity index (χ3n) is 3.67. The highest BCUT2D eigenvalue weighted by Crippen LogP contribution is 2.20. The molecule has 8 nitrogen and oxygen atoms in total. The Morgan fingerprint density at radius 1 is 1.26 bits per heavy atom. The molecule has 9 heteroatoms. The standard InChI is InChI=1S/C14H17N5O3S/c1-10-5-4-6-11(9-10)23(21,22)17-13-12(15-18-16-13)14(20)19-7-2-3-8-19/h4-6,9H,2-3,7-8H2,1H3,(H2,15,16,17,18). The van der Waals surface area contributed by atoms with Gasteiger partial charge in [0.2, 0.25) is 0 Å². The van der Waals surface area contributed by atoms with Crippen LogP contribution in [0.5, 0.6) is 0 Å². The molecule has 3 rings (SSSR count). The molecule has 0 aliphatic carbocycles. The summed E-state index contributed by atoms with van der Waals surface area (Å²) in [7, 11) is -3.83. The normalized spacial score (nSPS) is 14.9. The van der Waals surface area contributed by atoms with Crippen molar-refractivity contribution in [3.63, 3.8) is 0 Å². The van der Waals surface area contributed by atoms with Crippen molar-refractivity contribution in [3.05, 3.63) is 35.5 Å². The second-order valence-electron chi connectivity index (χ2n) is 5.44. The lowest BCUT2D eigenvalue weighted by molar-refractivity contribution is 0.0788. The lowest BCUT2D eigenvalue weighted by Gasteiger charge is -2.14. The molecule has 122 valence electrons. The topological polar surface area (TPSA) is 108 Å². The van der Waals surface area contributed by atoms with Gasteiger partial charge in [-0.1, -0.05) is 12.1 Å². The van der Waals surface area contributed by atoms with Gasteiger partial charge in [-0.3, -0.25) is 9.52 Å². The molecule has 23 heavy (non-hydrogen) atoms. The number of aryl methyl sites for hydroxylation is 1. The van der Waals surface area contributed by atoms with Crippen molar-refractivity contribution in [1.29, 1.82) is 0 Å². The largest absolute Gasteiger partial charge is 0.337 e. The summed E-state index contributed by atoms with van der Waals surface area (Å²) in [6, 6.07) is 6.49. The van der Waals surface area contributed by atoms with Gasteiger partial charge in [0, 0.05) is 13.1 Å². The number of hydrogen-bond acceptors (Lipinski definition) is 5. The molecule has 1 saturated heterocycles. The molecule has 0 unspecified atom stereocenters. The van der Waals surface area contributed by atoms with Crippen LogP contribution in [0.2, 0.25) is 0 Å². The molecule has 0 saturated carbocycles. The molecule has 2 heterocycles. The number of rotatable bonds is 4. The smallest absolute Gasteiger partial charge is 0.278 e. The molecule has 1 aromatic carbocycles. The zero-order valence-corrected chi connectivity index (χ0v) is 13.4. The number of likely N-dealkylation sites (tertiary alicyclic amines) is 1. The zero-order valence-electron chi connectivity index (χ0n) is 12.6. The molecule has 0 atom stereocenters. The summed E-state index contributed by atoms with van der Waals surface area (Å²) in [5.74, 6) is -0.401. The lowest BCUT2D eigenvalue weighted by Crippen LogP contribution is -2.29. The Hall–Kier alpha value is -2.42. The van der Waals surface area contributed by atoms with E-state index in [0.717, 1.165) is 18.4 Å². The van der Waals surface area contributed by atoms with Crippen molar-refractivity contribution < 1.29 is 13.2 Å². The van der Waals surface area contributed by atoms with Gasteiger partial charge in [0.25, 0.3) is 15.9 Å². The van der Waals surface area contributed by atoms with E-state index in [0.29, 0.717) is 13.1 Å². The number of nitrogens with zero attached hydrogens (tertiary/aromatic N) is 3. The Morgan fingerprint density at radius 2 is 2.00 bits per heavy atom. The molecule has 1 aliphatic heterocycles. The molecule has 0 radical (unpaired) electrons. The minimum Gasteiger partial charge on any atom is -0.337 e. The number of aromatic amines is 1. The first-order chi connectivity index (χ1) is 11.0. The lowest BCUT2D eigenvalue weighted by atomic mass is 10.2. The monoisotopic (exact) mass is 335 g/mol. The summed E-state index contributed by atoms with van der Waals surface area (Å²) < 4.78 is 27.2. The van der Waals surface area contributed by atoms with Crippen LogP contribution < -0.4 is 4.72 Å². The number of carbonyl (C=O) groups excluding carboxylic acids is 1. The first kappa shape index (κ1) is 15.5. The van der Waals surface area contributed by atoms with Gasteiger partial charge in [0.15, 0.2) is 11.5 Å². The number of nitrogens with one attached hydrogen (secondary N) is 2. The third kappa shape index (κ3) is 3.19. The zero-order chi connectivity index (χ0) is 16.4. The van der Waals surface area contributed by atoms with Crippen LogP contribution in [-0.4, -0.2) is 47.7 Å². The van der Waals surface area contributed by atoms with Gasteiger partial charge in [-0.15, -0.1) is 10.2 Å². The number of aromatic nitrogens is 3. The minimum atomic E-state index is -3.83. The number of sulfonamides is 1. The van der Waals surface area contributed by atoms with E-state index in [9.17, 15) is 13.2 Å². The van der Waals surface area contributed by atoms with Crippen LogP contribution in [0, 0.1) is 6.92 Å². The van der Waals surface area contributed by atoms with Crippen LogP contribution in [-0.2, 0) is 10.0 Å². The Kier molecular flexibility index (Phi) is 4.03. The number of benzene rings is 1. The highest BCUT2D eigenvalue weighted by atomic mass is 32.2. The quantitative estimate of drug-likeness (QED) is 0.871. The second-order valence-corrected chi connectivity index (χ2v) is 7.12. The second kappa shape index (κ2) is 5.99. The van der Waals surface area contributed by atoms with Gasteiger partial charge in [0.1, 0.15) is 0 Å². The molecule has 0 spiro atoms. The number of H-pyrrole nitrogens is 1. The van der Waals surface area contributed by atoms with Crippen LogP contribution in [0.3, 0.4) is 0 Å². The van der Waals surface area contributed by atoms with E-state index in [4.69, 9.17) is 0 Å².